The standard InChI is InChI=1S/C46H31N3OSSi/c1-3-18-36(19-4-1)52(37-20-5-2-6-21-37)44-25-8-7-24-42(44)51-43-31-41-39(30-45(43)52)38-22-13-27-48-46(38)49(41)33-15-12-17-35(29-33)50-34-16-11-14-32(28-34)40-23-9-10-26-47-40/h1-31H. The highest BCUT2D eigenvalue weighted by Gasteiger charge is 2.47. The Hall–Kier alpha value is -6.21. The average molecular weight is 702 g/mol. The van der Waals surface area contributed by atoms with Gasteiger partial charge in [-0.15, -0.1) is 0 Å². The molecule has 0 aliphatic carbocycles. The lowest BCUT2D eigenvalue weighted by Crippen LogP contribution is -2.76. The van der Waals surface area contributed by atoms with Crippen molar-refractivity contribution >= 4 is 62.5 Å². The van der Waals surface area contributed by atoms with E-state index in [4.69, 9.17) is 9.72 Å². The summed E-state index contributed by atoms with van der Waals surface area (Å²) in [5.41, 5.74) is 4.96. The SMILES string of the molecule is c1ccc([Si]2(c3ccccc3)c3ccccc3Sc3cc4c(cc32)c2cccnc2n4-c2cccc(Oc3cccc(-c4ccccn4)c3)c2)cc1. The number of hydrogen-bond acceptors (Lipinski definition) is 4. The van der Waals surface area contributed by atoms with Gasteiger partial charge in [-0.1, -0.05) is 121 Å². The first-order chi connectivity index (χ1) is 25.8. The highest BCUT2D eigenvalue weighted by Crippen LogP contribution is 2.39. The topological polar surface area (TPSA) is 39.9 Å². The zero-order chi connectivity index (χ0) is 34.5. The van der Waals surface area contributed by atoms with Crippen LogP contribution in [0.25, 0.3) is 38.9 Å². The maximum atomic E-state index is 6.50. The summed E-state index contributed by atoms with van der Waals surface area (Å²) >= 11 is 1.88. The van der Waals surface area contributed by atoms with Crippen molar-refractivity contribution in [3.63, 3.8) is 0 Å². The van der Waals surface area contributed by atoms with Crippen molar-refractivity contribution in [3.8, 4) is 28.4 Å². The van der Waals surface area contributed by atoms with Gasteiger partial charge in [0.2, 0.25) is 0 Å². The minimum atomic E-state index is -2.71. The Labute approximate surface area is 307 Å². The summed E-state index contributed by atoms with van der Waals surface area (Å²) in [5, 5.41) is 7.93. The Kier molecular flexibility index (Phi) is 7.37. The summed E-state index contributed by atoms with van der Waals surface area (Å²) < 4.78 is 8.79. The van der Waals surface area contributed by atoms with Gasteiger partial charge in [-0.2, -0.15) is 0 Å². The van der Waals surface area contributed by atoms with Crippen LogP contribution in [0.5, 0.6) is 11.5 Å². The largest absolute Gasteiger partial charge is 0.457 e. The van der Waals surface area contributed by atoms with Gasteiger partial charge in [-0.05, 0) is 81.4 Å². The predicted octanol–water partition coefficient (Wildman–Crippen LogP) is 8.88. The molecule has 4 nitrogen and oxygen atoms in total. The Morgan fingerprint density at radius 2 is 1.21 bits per heavy atom. The van der Waals surface area contributed by atoms with Crippen LogP contribution in [-0.2, 0) is 0 Å². The van der Waals surface area contributed by atoms with Crippen LogP contribution in [0.1, 0.15) is 0 Å². The van der Waals surface area contributed by atoms with Gasteiger partial charge in [0.15, 0.2) is 8.07 Å². The summed E-state index contributed by atoms with van der Waals surface area (Å²) in [5.74, 6) is 1.51. The zero-order valence-corrected chi connectivity index (χ0v) is 29.9. The highest BCUT2D eigenvalue weighted by atomic mass is 32.2. The minimum Gasteiger partial charge on any atom is -0.457 e. The molecular formula is C46H31N3OSSi. The van der Waals surface area contributed by atoms with Gasteiger partial charge in [-0.25, -0.2) is 4.98 Å². The lowest BCUT2D eigenvalue weighted by atomic mass is 10.1. The number of nitrogens with zero attached hydrogens (tertiary/aromatic N) is 3. The fourth-order valence-electron chi connectivity index (χ4n) is 7.88. The molecule has 0 spiro atoms. The van der Waals surface area contributed by atoms with Crippen LogP contribution in [0.15, 0.2) is 198 Å². The van der Waals surface area contributed by atoms with Crippen molar-refractivity contribution in [1.29, 1.82) is 0 Å². The minimum absolute atomic E-state index is 0.752. The molecule has 52 heavy (non-hydrogen) atoms. The van der Waals surface area contributed by atoms with E-state index in [0.717, 1.165) is 45.0 Å². The van der Waals surface area contributed by atoms with E-state index in [-0.39, 0.29) is 0 Å². The maximum absolute atomic E-state index is 6.50. The first-order valence-corrected chi connectivity index (χ1v) is 20.2. The van der Waals surface area contributed by atoms with Crippen molar-refractivity contribution in [2.45, 2.75) is 9.79 Å². The summed E-state index contributed by atoms with van der Waals surface area (Å²) in [4.78, 5) is 12.1. The molecule has 0 radical (unpaired) electrons. The van der Waals surface area contributed by atoms with E-state index >= 15 is 0 Å². The number of rotatable bonds is 6. The second-order valence-electron chi connectivity index (χ2n) is 13.0. The molecular weight excluding hydrogens is 671 g/mol. The van der Waals surface area contributed by atoms with Gasteiger partial charge in [0.05, 0.1) is 16.9 Å². The van der Waals surface area contributed by atoms with E-state index in [2.05, 4.69) is 137 Å². The molecule has 0 fully saturated rings. The molecule has 0 amide bonds. The van der Waals surface area contributed by atoms with Crippen molar-refractivity contribution in [3.05, 3.63) is 188 Å². The third kappa shape index (κ3) is 4.91. The third-order valence-electron chi connectivity index (χ3n) is 10.1. The number of ether oxygens (including phenoxy) is 1. The molecule has 0 unspecified atom stereocenters. The summed E-state index contributed by atoms with van der Waals surface area (Å²) in [6, 6.07) is 62.9. The van der Waals surface area contributed by atoms with Gasteiger partial charge < -0.3 is 4.74 Å². The van der Waals surface area contributed by atoms with Crippen LogP contribution in [-0.4, -0.2) is 22.6 Å². The zero-order valence-electron chi connectivity index (χ0n) is 28.1. The van der Waals surface area contributed by atoms with Gasteiger partial charge in [0, 0.05) is 44.6 Å². The molecule has 10 rings (SSSR count). The van der Waals surface area contributed by atoms with E-state index < -0.39 is 8.07 Å². The maximum Gasteiger partial charge on any atom is 0.181 e. The lowest BCUT2D eigenvalue weighted by molar-refractivity contribution is 0.482. The number of pyridine rings is 2. The fraction of sp³-hybridized carbons (Fsp3) is 0. The molecule has 9 aromatic rings. The summed E-state index contributed by atoms with van der Waals surface area (Å²) in [6.07, 6.45) is 3.70. The molecule has 0 saturated heterocycles. The van der Waals surface area contributed by atoms with Crippen LogP contribution in [0.4, 0.5) is 0 Å². The second-order valence-corrected chi connectivity index (χ2v) is 17.8. The quantitative estimate of drug-likeness (QED) is 0.163. The molecule has 6 aromatic carbocycles. The van der Waals surface area contributed by atoms with Gasteiger partial charge in [-0.3, -0.25) is 9.55 Å². The van der Waals surface area contributed by atoms with E-state index in [9.17, 15) is 0 Å². The van der Waals surface area contributed by atoms with Crippen LogP contribution >= 0.6 is 11.8 Å². The molecule has 3 aromatic heterocycles. The molecule has 6 heteroatoms. The van der Waals surface area contributed by atoms with Crippen LogP contribution in [0, 0.1) is 0 Å². The summed E-state index contributed by atoms with van der Waals surface area (Å²) in [7, 11) is -2.71. The predicted molar refractivity (Wildman–Crippen MR) is 216 cm³/mol. The van der Waals surface area contributed by atoms with Crippen LogP contribution in [0.2, 0.25) is 0 Å². The van der Waals surface area contributed by atoms with E-state index in [1.54, 1.807) is 0 Å². The fourth-order valence-corrected chi connectivity index (χ4v) is 14.9. The van der Waals surface area contributed by atoms with E-state index in [1.165, 1.54) is 35.9 Å². The first-order valence-electron chi connectivity index (χ1n) is 17.4. The Morgan fingerprint density at radius 3 is 2.00 bits per heavy atom. The number of hydrogen-bond donors (Lipinski definition) is 0. The normalized spacial score (nSPS) is 13.1. The Morgan fingerprint density at radius 1 is 0.500 bits per heavy atom. The van der Waals surface area contributed by atoms with Crippen molar-refractivity contribution in [1.82, 2.24) is 14.5 Å². The smallest absolute Gasteiger partial charge is 0.181 e. The monoisotopic (exact) mass is 701 g/mol. The number of benzene rings is 6. The average Bonchev–Trinajstić information content (AvgIpc) is 3.53. The molecule has 1 aliphatic rings. The molecule has 0 saturated carbocycles. The van der Waals surface area contributed by atoms with E-state index in [0.29, 0.717) is 0 Å². The molecule has 0 bridgehead atoms. The number of aromatic nitrogens is 3. The second kappa shape index (κ2) is 12.5. The van der Waals surface area contributed by atoms with E-state index in [1.807, 2.05) is 72.7 Å². The van der Waals surface area contributed by atoms with Crippen molar-refractivity contribution < 1.29 is 4.74 Å². The van der Waals surface area contributed by atoms with Crippen LogP contribution in [0.3, 0.4) is 0 Å². The first kappa shape index (κ1) is 30.6. The van der Waals surface area contributed by atoms with Gasteiger partial charge in [0.25, 0.3) is 0 Å². The highest BCUT2D eigenvalue weighted by molar-refractivity contribution is 8.00. The Bertz CT molecular complexity index is 2710. The van der Waals surface area contributed by atoms with Crippen molar-refractivity contribution in [2.75, 3.05) is 0 Å². The molecule has 0 atom stereocenters. The summed E-state index contributed by atoms with van der Waals surface area (Å²) in [6.45, 7) is 0. The third-order valence-corrected chi connectivity index (χ3v) is 16.4. The Balaban J connectivity index is 1.17. The number of fused-ring (bicyclic) bond motifs is 5. The molecule has 246 valence electrons. The van der Waals surface area contributed by atoms with Gasteiger partial charge >= 0.3 is 0 Å². The van der Waals surface area contributed by atoms with Gasteiger partial charge in [0.1, 0.15) is 17.1 Å². The lowest BCUT2D eigenvalue weighted by Gasteiger charge is -2.40. The molecule has 1 aliphatic heterocycles. The van der Waals surface area contributed by atoms with Crippen molar-refractivity contribution in [2.24, 2.45) is 0 Å². The molecule has 4 heterocycles. The van der Waals surface area contributed by atoms with Crippen LogP contribution < -0.4 is 25.5 Å². The molecule has 0 N–H and O–H groups in total.